The van der Waals surface area contributed by atoms with Crippen molar-refractivity contribution < 1.29 is 9.53 Å². The van der Waals surface area contributed by atoms with Crippen molar-refractivity contribution in [3.05, 3.63) is 65.7 Å². The van der Waals surface area contributed by atoms with E-state index in [1.807, 2.05) is 54.3 Å². The second-order valence-electron chi connectivity index (χ2n) is 7.27. The molecule has 3 rings (SSSR count). The molecule has 1 N–H and O–H groups in total. The minimum Gasteiger partial charge on any atom is -0.481 e. The molecule has 2 unspecified atom stereocenters. The van der Waals surface area contributed by atoms with Crippen molar-refractivity contribution in [3.8, 4) is 5.75 Å². The molecule has 27 heavy (non-hydrogen) atoms. The molecule has 1 saturated heterocycles. The average Bonchev–Trinajstić information content (AvgIpc) is 3.20. The zero-order valence-corrected chi connectivity index (χ0v) is 16.4. The standard InChI is InChI=1S/C23H30N2O2/c1-3-22(27-21-13-5-4-6-14-21)23(26)25(17-20-12-9-15-24-20)16-19-11-8-7-10-18(19)2/h4-8,10-11,13-14,20,22,24H,3,9,12,15-17H2,1-2H3. The third-order valence-electron chi connectivity index (χ3n) is 5.21. The summed E-state index contributed by atoms with van der Waals surface area (Å²) >= 11 is 0. The minimum absolute atomic E-state index is 0.0679. The number of amides is 1. The largest absolute Gasteiger partial charge is 0.481 e. The van der Waals surface area contributed by atoms with Gasteiger partial charge in [-0.05, 0) is 56.0 Å². The van der Waals surface area contributed by atoms with Gasteiger partial charge in [0, 0.05) is 19.1 Å². The highest BCUT2D eigenvalue weighted by Crippen LogP contribution is 2.18. The number of ether oxygens (including phenoxy) is 1. The Labute approximate surface area is 162 Å². The zero-order chi connectivity index (χ0) is 19.1. The predicted molar refractivity (Wildman–Crippen MR) is 109 cm³/mol. The average molecular weight is 367 g/mol. The van der Waals surface area contributed by atoms with Crippen molar-refractivity contribution in [1.29, 1.82) is 0 Å². The van der Waals surface area contributed by atoms with Gasteiger partial charge in [-0.15, -0.1) is 0 Å². The van der Waals surface area contributed by atoms with E-state index in [1.165, 1.54) is 17.5 Å². The summed E-state index contributed by atoms with van der Waals surface area (Å²) in [5.74, 6) is 0.811. The third kappa shape index (κ3) is 5.33. The quantitative estimate of drug-likeness (QED) is 0.770. The lowest BCUT2D eigenvalue weighted by Gasteiger charge is -2.30. The molecular formula is C23H30N2O2. The number of para-hydroxylation sites is 1. The van der Waals surface area contributed by atoms with E-state index in [2.05, 4.69) is 24.4 Å². The predicted octanol–water partition coefficient (Wildman–Crippen LogP) is 3.93. The lowest BCUT2D eigenvalue weighted by molar-refractivity contribution is -0.139. The maximum atomic E-state index is 13.4. The van der Waals surface area contributed by atoms with E-state index in [1.54, 1.807) is 0 Å². The number of rotatable bonds is 8. The van der Waals surface area contributed by atoms with E-state index >= 15 is 0 Å². The molecule has 144 valence electrons. The molecule has 2 atom stereocenters. The Kier molecular flexibility index (Phi) is 6.88. The van der Waals surface area contributed by atoms with Gasteiger partial charge in [0.15, 0.2) is 6.10 Å². The van der Waals surface area contributed by atoms with Gasteiger partial charge in [-0.1, -0.05) is 49.4 Å². The summed E-state index contributed by atoms with van der Waals surface area (Å²) in [5, 5.41) is 3.51. The van der Waals surface area contributed by atoms with Gasteiger partial charge in [-0.3, -0.25) is 4.79 Å². The van der Waals surface area contributed by atoms with Gasteiger partial charge in [-0.2, -0.15) is 0 Å². The fourth-order valence-corrected chi connectivity index (χ4v) is 3.58. The Morgan fingerprint density at radius 1 is 1.19 bits per heavy atom. The normalized spacial score (nSPS) is 17.5. The van der Waals surface area contributed by atoms with Crippen molar-refractivity contribution in [1.82, 2.24) is 10.2 Å². The molecule has 0 aromatic heterocycles. The van der Waals surface area contributed by atoms with Crippen LogP contribution in [0.2, 0.25) is 0 Å². The highest BCUT2D eigenvalue weighted by Gasteiger charge is 2.28. The zero-order valence-electron chi connectivity index (χ0n) is 16.4. The number of benzene rings is 2. The summed E-state index contributed by atoms with van der Waals surface area (Å²) < 4.78 is 6.03. The van der Waals surface area contributed by atoms with Gasteiger partial charge in [-0.25, -0.2) is 0 Å². The molecule has 4 nitrogen and oxygen atoms in total. The van der Waals surface area contributed by atoms with Crippen molar-refractivity contribution >= 4 is 5.91 Å². The van der Waals surface area contributed by atoms with E-state index < -0.39 is 6.10 Å². The molecular weight excluding hydrogens is 336 g/mol. The van der Waals surface area contributed by atoms with Crippen LogP contribution in [0.25, 0.3) is 0 Å². The van der Waals surface area contributed by atoms with Crippen LogP contribution in [-0.4, -0.2) is 36.0 Å². The van der Waals surface area contributed by atoms with Crippen molar-refractivity contribution in [2.75, 3.05) is 13.1 Å². The first kappa shape index (κ1) is 19.4. The van der Waals surface area contributed by atoms with Crippen LogP contribution < -0.4 is 10.1 Å². The van der Waals surface area contributed by atoms with Crippen LogP contribution in [0, 0.1) is 6.92 Å². The van der Waals surface area contributed by atoms with E-state index in [4.69, 9.17) is 4.74 Å². The molecule has 2 aromatic carbocycles. The van der Waals surface area contributed by atoms with Gasteiger partial charge < -0.3 is 15.0 Å². The third-order valence-corrected chi connectivity index (χ3v) is 5.21. The summed E-state index contributed by atoms with van der Waals surface area (Å²) in [5.41, 5.74) is 2.41. The van der Waals surface area contributed by atoms with Crippen LogP contribution in [0.3, 0.4) is 0 Å². The first-order valence-electron chi connectivity index (χ1n) is 9.95. The summed E-state index contributed by atoms with van der Waals surface area (Å²) in [4.78, 5) is 15.3. The van der Waals surface area contributed by atoms with E-state index in [0.717, 1.165) is 25.3 Å². The highest BCUT2D eigenvalue weighted by atomic mass is 16.5. The minimum atomic E-state index is -0.460. The molecule has 1 aliphatic rings. The monoisotopic (exact) mass is 366 g/mol. The van der Waals surface area contributed by atoms with E-state index in [0.29, 0.717) is 19.0 Å². The number of hydrogen-bond acceptors (Lipinski definition) is 3. The Morgan fingerprint density at radius 2 is 1.93 bits per heavy atom. The topological polar surface area (TPSA) is 41.6 Å². The first-order chi connectivity index (χ1) is 13.2. The van der Waals surface area contributed by atoms with Gasteiger partial charge in [0.05, 0.1) is 0 Å². The Morgan fingerprint density at radius 3 is 2.59 bits per heavy atom. The lowest BCUT2D eigenvalue weighted by Crippen LogP contribution is -2.46. The van der Waals surface area contributed by atoms with Crippen LogP contribution in [0.1, 0.15) is 37.3 Å². The van der Waals surface area contributed by atoms with Crippen LogP contribution in [0.5, 0.6) is 5.75 Å². The maximum Gasteiger partial charge on any atom is 0.263 e. The highest BCUT2D eigenvalue weighted by molar-refractivity contribution is 5.81. The Hall–Kier alpha value is -2.33. The number of nitrogens with zero attached hydrogens (tertiary/aromatic N) is 1. The van der Waals surface area contributed by atoms with Crippen LogP contribution in [-0.2, 0) is 11.3 Å². The van der Waals surface area contributed by atoms with Crippen LogP contribution in [0.4, 0.5) is 0 Å². The number of carbonyl (C=O) groups is 1. The SMILES string of the molecule is CCC(Oc1ccccc1)C(=O)N(Cc1ccccc1C)CC1CCCN1. The molecule has 0 spiro atoms. The maximum absolute atomic E-state index is 13.4. The van der Waals surface area contributed by atoms with Gasteiger partial charge >= 0.3 is 0 Å². The molecule has 2 aromatic rings. The molecule has 1 fully saturated rings. The van der Waals surface area contributed by atoms with Crippen LogP contribution >= 0.6 is 0 Å². The lowest BCUT2D eigenvalue weighted by atomic mass is 10.1. The first-order valence-corrected chi connectivity index (χ1v) is 9.95. The second-order valence-corrected chi connectivity index (χ2v) is 7.27. The number of aryl methyl sites for hydroxylation is 1. The molecule has 0 radical (unpaired) electrons. The number of hydrogen-bond donors (Lipinski definition) is 1. The van der Waals surface area contributed by atoms with Gasteiger partial charge in [0.2, 0.25) is 0 Å². The van der Waals surface area contributed by atoms with E-state index in [9.17, 15) is 4.79 Å². The number of nitrogens with one attached hydrogen (secondary N) is 1. The Balaban J connectivity index is 1.76. The summed E-state index contributed by atoms with van der Waals surface area (Å²) in [7, 11) is 0. The molecule has 1 amide bonds. The molecule has 0 bridgehead atoms. The summed E-state index contributed by atoms with van der Waals surface area (Å²) in [6.45, 7) is 6.49. The summed E-state index contributed by atoms with van der Waals surface area (Å²) in [6.07, 6.45) is 2.48. The summed E-state index contributed by atoms with van der Waals surface area (Å²) in [6, 6.07) is 18.3. The fraction of sp³-hybridized carbons (Fsp3) is 0.435. The molecule has 4 heteroatoms. The second kappa shape index (κ2) is 9.56. The van der Waals surface area contributed by atoms with Crippen molar-refractivity contribution in [2.24, 2.45) is 0 Å². The molecule has 1 aliphatic heterocycles. The molecule has 0 aliphatic carbocycles. The number of carbonyl (C=O) groups excluding carboxylic acids is 1. The Bertz CT molecular complexity index is 726. The van der Waals surface area contributed by atoms with Gasteiger partial charge in [0.25, 0.3) is 5.91 Å². The van der Waals surface area contributed by atoms with Gasteiger partial charge in [0.1, 0.15) is 5.75 Å². The van der Waals surface area contributed by atoms with Crippen LogP contribution in [0.15, 0.2) is 54.6 Å². The van der Waals surface area contributed by atoms with Crippen molar-refractivity contribution in [3.63, 3.8) is 0 Å². The fourth-order valence-electron chi connectivity index (χ4n) is 3.58. The smallest absolute Gasteiger partial charge is 0.263 e. The molecule has 0 saturated carbocycles. The molecule has 1 heterocycles. The van der Waals surface area contributed by atoms with E-state index in [-0.39, 0.29) is 5.91 Å². The van der Waals surface area contributed by atoms with Crippen molar-refractivity contribution in [2.45, 2.75) is 51.8 Å².